The molecule has 0 aromatic heterocycles. The Bertz CT molecular complexity index is 580. The number of nitrogens with zero attached hydrogens (tertiary/aromatic N) is 1. The second-order valence-corrected chi connectivity index (χ2v) is 5.67. The van der Waals surface area contributed by atoms with Crippen LogP contribution in [0.4, 0.5) is 15.8 Å². The van der Waals surface area contributed by atoms with Gasteiger partial charge in [0.05, 0.1) is 0 Å². The number of halogens is 2. The number of benzene rings is 2. The summed E-state index contributed by atoms with van der Waals surface area (Å²) >= 11 is 3.36. The number of anilines is 2. The van der Waals surface area contributed by atoms with Crippen LogP contribution in [0.3, 0.4) is 0 Å². The van der Waals surface area contributed by atoms with E-state index in [1.54, 1.807) is 6.07 Å². The lowest BCUT2D eigenvalue weighted by molar-refractivity contribution is 0.627. The second kappa shape index (κ2) is 7.46. The molecular weight excluding hydrogens is 331 g/mol. The molecule has 112 valence electrons. The minimum atomic E-state index is -0.240. The van der Waals surface area contributed by atoms with E-state index in [-0.39, 0.29) is 5.82 Å². The molecule has 1 N–H and O–H groups in total. The van der Waals surface area contributed by atoms with Crippen molar-refractivity contribution in [3.05, 3.63) is 58.3 Å². The zero-order chi connectivity index (χ0) is 15.2. The number of nitrogens with one attached hydrogen (secondary N) is 1. The van der Waals surface area contributed by atoms with Crippen LogP contribution in [0.5, 0.6) is 0 Å². The van der Waals surface area contributed by atoms with Gasteiger partial charge in [0, 0.05) is 35.5 Å². The average molecular weight is 351 g/mol. The van der Waals surface area contributed by atoms with E-state index < -0.39 is 0 Å². The molecule has 2 rings (SSSR count). The van der Waals surface area contributed by atoms with Crippen molar-refractivity contribution in [3.63, 3.8) is 0 Å². The molecule has 0 bridgehead atoms. The van der Waals surface area contributed by atoms with Crippen molar-refractivity contribution in [2.24, 2.45) is 0 Å². The largest absolute Gasteiger partial charge is 0.380 e. The van der Waals surface area contributed by atoms with Gasteiger partial charge in [-0.25, -0.2) is 4.39 Å². The van der Waals surface area contributed by atoms with Crippen LogP contribution in [0.15, 0.2) is 46.9 Å². The molecule has 0 radical (unpaired) electrons. The summed E-state index contributed by atoms with van der Waals surface area (Å²) in [5.41, 5.74) is 3.33. The first-order valence-corrected chi connectivity index (χ1v) is 7.96. The van der Waals surface area contributed by atoms with Gasteiger partial charge >= 0.3 is 0 Å². The van der Waals surface area contributed by atoms with Crippen molar-refractivity contribution in [3.8, 4) is 0 Å². The van der Waals surface area contributed by atoms with Crippen molar-refractivity contribution in [1.29, 1.82) is 0 Å². The SMILES string of the molecule is CCN(CC)c1ccc(CNc2ccc(F)cc2Br)cc1. The van der Waals surface area contributed by atoms with Crippen molar-refractivity contribution in [2.75, 3.05) is 23.3 Å². The Kier molecular flexibility index (Phi) is 5.62. The molecule has 0 spiro atoms. The van der Waals surface area contributed by atoms with E-state index in [0.29, 0.717) is 6.54 Å². The van der Waals surface area contributed by atoms with Crippen molar-refractivity contribution >= 4 is 27.3 Å². The minimum absolute atomic E-state index is 0.240. The maximum Gasteiger partial charge on any atom is 0.124 e. The van der Waals surface area contributed by atoms with E-state index in [1.165, 1.54) is 23.4 Å². The van der Waals surface area contributed by atoms with Gasteiger partial charge < -0.3 is 10.2 Å². The molecular formula is C17H20BrFN2. The zero-order valence-electron chi connectivity index (χ0n) is 12.4. The van der Waals surface area contributed by atoms with E-state index in [1.807, 2.05) is 0 Å². The van der Waals surface area contributed by atoms with Crippen molar-refractivity contribution in [1.82, 2.24) is 0 Å². The van der Waals surface area contributed by atoms with Gasteiger partial charge in [0.25, 0.3) is 0 Å². The van der Waals surface area contributed by atoms with Gasteiger partial charge in [0.2, 0.25) is 0 Å². The predicted molar refractivity (Wildman–Crippen MR) is 91.4 cm³/mol. The Morgan fingerprint density at radius 2 is 1.71 bits per heavy atom. The highest BCUT2D eigenvalue weighted by molar-refractivity contribution is 9.10. The van der Waals surface area contributed by atoms with Crippen LogP contribution in [0.25, 0.3) is 0 Å². The van der Waals surface area contributed by atoms with Crippen molar-refractivity contribution in [2.45, 2.75) is 20.4 Å². The molecule has 2 aromatic rings. The standard InChI is InChI=1S/C17H20BrFN2/c1-3-21(4-2)15-8-5-13(6-9-15)12-20-17-10-7-14(19)11-16(17)18/h5-11,20H,3-4,12H2,1-2H3. The van der Waals surface area contributed by atoms with Crippen molar-refractivity contribution < 1.29 is 4.39 Å². The molecule has 21 heavy (non-hydrogen) atoms. The predicted octanol–water partition coefficient (Wildman–Crippen LogP) is 5.05. The molecule has 0 saturated heterocycles. The van der Waals surface area contributed by atoms with Gasteiger partial charge in [0.1, 0.15) is 5.82 Å². The Balaban J connectivity index is 2.00. The van der Waals surface area contributed by atoms with Gasteiger partial charge in [-0.3, -0.25) is 0 Å². The monoisotopic (exact) mass is 350 g/mol. The summed E-state index contributed by atoms with van der Waals surface area (Å²) in [5.74, 6) is -0.240. The third kappa shape index (κ3) is 4.21. The summed E-state index contributed by atoms with van der Waals surface area (Å²) in [6, 6.07) is 13.2. The van der Waals surface area contributed by atoms with E-state index in [4.69, 9.17) is 0 Å². The zero-order valence-corrected chi connectivity index (χ0v) is 14.0. The Morgan fingerprint density at radius 3 is 2.29 bits per heavy atom. The summed E-state index contributed by atoms with van der Waals surface area (Å²) in [6.45, 7) is 7.05. The molecule has 0 heterocycles. The van der Waals surface area contributed by atoms with Crippen LogP contribution in [0.1, 0.15) is 19.4 Å². The first-order valence-electron chi connectivity index (χ1n) is 7.16. The Morgan fingerprint density at radius 1 is 1.05 bits per heavy atom. The number of rotatable bonds is 6. The topological polar surface area (TPSA) is 15.3 Å². The first kappa shape index (κ1) is 15.8. The van der Waals surface area contributed by atoms with E-state index in [0.717, 1.165) is 23.2 Å². The van der Waals surface area contributed by atoms with Gasteiger partial charge in [0.15, 0.2) is 0 Å². The van der Waals surface area contributed by atoms with Crippen LogP contribution in [0.2, 0.25) is 0 Å². The van der Waals surface area contributed by atoms with Crippen LogP contribution in [-0.4, -0.2) is 13.1 Å². The third-order valence-electron chi connectivity index (χ3n) is 3.48. The van der Waals surface area contributed by atoms with Gasteiger partial charge in [-0.2, -0.15) is 0 Å². The maximum atomic E-state index is 13.0. The van der Waals surface area contributed by atoms with E-state index in [9.17, 15) is 4.39 Å². The summed E-state index contributed by atoms with van der Waals surface area (Å²) < 4.78 is 13.8. The molecule has 0 unspecified atom stereocenters. The van der Waals surface area contributed by atoms with Crippen LogP contribution in [-0.2, 0) is 6.54 Å². The first-order chi connectivity index (χ1) is 10.1. The highest BCUT2D eigenvalue weighted by atomic mass is 79.9. The number of hydrogen-bond donors (Lipinski definition) is 1. The van der Waals surface area contributed by atoms with Crippen LogP contribution < -0.4 is 10.2 Å². The lowest BCUT2D eigenvalue weighted by Gasteiger charge is -2.21. The molecule has 2 nitrogen and oxygen atoms in total. The summed E-state index contributed by atoms with van der Waals surface area (Å²) in [6.07, 6.45) is 0. The molecule has 0 saturated carbocycles. The fourth-order valence-corrected chi connectivity index (χ4v) is 2.73. The van der Waals surface area contributed by atoms with Gasteiger partial charge in [-0.15, -0.1) is 0 Å². The summed E-state index contributed by atoms with van der Waals surface area (Å²) in [7, 11) is 0. The maximum absolute atomic E-state index is 13.0. The van der Waals surface area contributed by atoms with E-state index in [2.05, 4.69) is 64.3 Å². The molecule has 0 amide bonds. The molecule has 0 aliphatic carbocycles. The number of hydrogen-bond acceptors (Lipinski definition) is 2. The average Bonchev–Trinajstić information content (AvgIpc) is 2.49. The molecule has 0 atom stereocenters. The highest BCUT2D eigenvalue weighted by Gasteiger charge is 2.03. The molecule has 2 aromatic carbocycles. The van der Waals surface area contributed by atoms with Gasteiger partial charge in [-0.1, -0.05) is 12.1 Å². The highest BCUT2D eigenvalue weighted by Crippen LogP contribution is 2.24. The summed E-state index contributed by atoms with van der Waals surface area (Å²) in [5, 5.41) is 3.31. The Labute approximate surface area is 134 Å². The quantitative estimate of drug-likeness (QED) is 0.784. The summed E-state index contributed by atoms with van der Waals surface area (Å²) in [4.78, 5) is 2.31. The van der Waals surface area contributed by atoms with E-state index >= 15 is 0 Å². The molecule has 0 fully saturated rings. The second-order valence-electron chi connectivity index (χ2n) is 4.82. The molecule has 0 aliphatic heterocycles. The minimum Gasteiger partial charge on any atom is -0.380 e. The molecule has 0 aliphatic rings. The fraction of sp³-hybridized carbons (Fsp3) is 0.294. The lowest BCUT2D eigenvalue weighted by Crippen LogP contribution is -2.21. The lowest BCUT2D eigenvalue weighted by atomic mass is 10.2. The smallest absolute Gasteiger partial charge is 0.124 e. The van der Waals surface area contributed by atoms with Crippen LogP contribution in [0, 0.1) is 5.82 Å². The Hall–Kier alpha value is -1.55. The normalized spacial score (nSPS) is 10.5. The van der Waals surface area contributed by atoms with Crippen LogP contribution >= 0.6 is 15.9 Å². The fourth-order valence-electron chi connectivity index (χ4n) is 2.24. The third-order valence-corrected chi connectivity index (χ3v) is 4.14. The van der Waals surface area contributed by atoms with Gasteiger partial charge in [-0.05, 0) is 65.7 Å². The molecule has 4 heteroatoms.